The van der Waals surface area contributed by atoms with E-state index in [9.17, 15) is 0 Å². The van der Waals surface area contributed by atoms with Gasteiger partial charge in [-0.05, 0) is 0 Å². The third-order valence-electron chi connectivity index (χ3n) is 3.76. The van der Waals surface area contributed by atoms with Crippen LogP contribution in [0.4, 0.5) is 0 Å². The second-order valence-corrected chi connectivity index (χ2v) is 7.32. The molecule has 0 aliphatic rings. The molecule has 29 heavy (non-hydrogen) atoms. The van der Waals surface area contributed by atoms with Crippen LogP contribution in [0.5, 0.6) is 0 Å². The van der Waals surface area contributed by atoms with E-state index in [0.29, 0.717) is 0 Å². The molecule has 0 N–H and O–H groups in total. The molecule has 0 aliphatic heterocycles. The summed E-state index contributed by atoms with van der Waals surface area (Å²) >= 11 is 0. The van der Waals surface area contributed by atoms with Crippen molar-refractivity contribution in [2.24, 2.45) is 0 Å². The molecule has 0 amide bonds. The summed E-state index contributed by atoms with van der Waals surface area (Å²) in [6, 6.07) is 18.6. The molecule has 0 atom stereocenters. The summed E-state index contributed by atoms with van der Waals surface area (Å²) in [5.74, 6) is 0. The van der Waals surface area contributed by atoms with Gasteiger partial charge in [-0.25, -0.2) is 0 Å². The van der Waals surface area contributed by atoms with Crippen molar-refractivity contribution in [2.75, 3.05) is 0 Å². The average Bonchev–Trinajstić information content (AvgIpc) is 2.43. The Labute approximate surface area is 200 Å². The molecule has 2 radical (unpaired) electrons. The van der Waals surface area contributed by atoms with Gasteiger partial charge in [0.25, 0.3) is 0 Å². The first-order valence-electron chi connectivity index (χ1n) is 9.11. The van der Waals surface area contributed by atoms with E-state index in [1.807, 2.05) is 25.1 Å². The molecule has 0 bridgehead atoms. The zero-order valence-corrected chi connectivity index (χ0v) is 20.6. The predicted octanol–water partition coefficient (Wildman–Crippen LogP) is 7.33. The Morgan fingerprint density at radius 1 is 0.345 bits per heavy atom. The van der Waals surface area contributed by atoms with Gasteiger partial charge in [-0.3, -0.25) is 0 Å². The van der Waals surface area contributed by atoms with Crippen LogP contribution in [0.3, 0.4) is 0 Å². The minimum absolute atomic E-state index is 0. The molecule has 3 aromatic carbocycles. The third-order valence-corrected chi connectivity index (χ3v) is 3.76. The van der Waals surface area contributed by atoms with Crippen molar-refractivity contribution in [1.82, 2.24) is 0 Å². The fourth-order valence-corrected chi connectivity index (χ4v) is 3.09. The maximum atomic E-state index is 3.84. The van der Waals surface area contributed by atoms with E-state index in [0.717, 1.165) is 22.3 Å². The van der Waals surface area contributed by atoms with Crippen molar-refractivity contribution < 1.29 is 34.1 Å². The molecule has 0 spiro atoms. The first-order chi connectivity index (χ1) is 12.5. The van der Waals surface area contributed by atoms with Gasteiger partial charge in [0, 0.05) is 0 Å². The molecule has 0 saturated carbocycles. The Morgan fingerprint density at radius 3 is 0.690 bits per heavy atom. The molecule has 0 aromatic heterocycles. The second kappa shape index (κ2) is 14.2. The van der Waals surface area contributed by atoms with Gasteiger partial charge in [0.15, 0.2) is 0 Å². The average molecular weight is 466 g/mol. The van der Waals surface area contributed by atoms with Crippen LogP contribution in [0.15, 0.2) is 54.6 Å². The van der Waals surface area contributed by atoms with Crippen LogP contribution in [0.1, 0.15) is 50.1 Å². The topological polar surface area (TPSA) is 0 Å². The fourth-order valence-electron chi connectivity index (χ4n) is 3.09. The van der Waals surface area contributed by atoms with E-state index >= 15 is 0 Å². The SMILES string of the molecule is [CH2-]c1cc(C)cc(C)c1.[CH2-]c1cc(C)cc(C)c1.[CH2-]c1cc([CH2-])cc(C)c1.[Mn+2].[Mn+2]. The molecule has 0 unspecified atom stereocenters. The van der Waals surface area contributed by atoms with Crippen LogP contribution in [0.2, 0.25) is 0 Å². The van der Waals surface area contributed by atoms with Gasteiger partial charge in [0.1, 0.15) is 0 Å². The normalized spacial score (nSPS) is 8.86. The maximum Gasteiger partial charge on any atom is 2.00 e. The number of benzene rings is 3. The van der Waals surface area contributed by atoms with Crippen molar-refractivity contribution in [1.29, 1.82) is 0 Å². The van der Waals surface area contributed by atoms with Crippen LogP contribution < -0.4 is 0 Å². The zero-order chi connectivity index (χ0) is 20.6. The molecule has 2 heteroatoms. The quantitative estimate of drug-likeness (QED) is 0.240. The largest absolute Gasteiger partial charge is 2.00 e. The second-order valence-electron chi connectivity index (χ2n) is 7.32. The molecule has 3 aromatic rings. The van der Waals surface area contributed by atoms with Crippen LogP contribution in [0.25, 0.3) is 0 Å². The van der Waals surface area contributed by atoms with Gasteiger partial charge in [0.05, 0.1) is 0 Å². The number of aryl methyl sites for hydroxylation is 5. The van der Waals surface area contributed by atoms with E-state index in [1.54, 1.807) is 0 Å². The van der Waals surface area contributed by atoms with Crippen LogP contribution in [0, 0.1) is 62.3 Å². The fraction of sp³-hybridized carbons (Fsp3) is 0.185. The predicted molar refractivity (Wildman–Crippen MR) is 121 cm³/mol. The number of hydrogen-bond donors (Lipinski definition) is 0. The smallest absolute Gasteiger partial charge is 0.199 e. The van der Waals surface area contributed by atoms with E-state index < -0.39 is 0 Å². The molecular formula is C27H32Mn2. The van der Waals surface area contributed by atoms with Crippen molar-refractivity contribution in [3.8, 4) is 0 Å². The maximum absolute atomic E-state index is 3.84. The van der Waals surface area contributed by atoms with Gasteiger partial charge in [-0.1, -0.05) is 46.8 Å². The van der Waals surface area contributed by atoms with Gasteiger partial charge in [-0.2, -0.15) is 98.0 Å². The molecule has 0 aliphatic carbocycles. The Bertz CT molecular complexity index is 611. The number of rotatable bonds is 0. The van der Waals surface area contributed by atoms with E-state index in [-0.39, 0.29) is 34.1 Å². The summed E-state index contributed by atoms with van der Waals surface area (Å²) in [5, 5.41) is 0. The Morgan fingerprint density at radius 2 is 0.517 bits per heavy atom. The summed E-state index contributed by atoms with van der Waals surface area (Å²) < 4.78 is 0. The first kappa shape index (κ1) is 29.4. The van der Waals surface area contributed by atoms with E-state index in [4.69, 9.17) is 0 Å². The molecule has 154 valence electrons. The van der Waals surface area contributed by atoms with Gasteiger partial charge in [-0.15, -0.1) is 22.3 Å². The van der Waals surface area contributed by atoms with Gasteiger partial charge >= 0.3 is 34.1 Å². The molecule has 0 saturated heterocycles. The Balaban J connectivity index is 0. The Kier molecular flexibility index (Phi) is 14.4. The summed E-state index contributed by atoms with van der Waals surface area (Å²) in [5.41, 5.74) is 10.7. The molecular weight excluding hydrogens is 434 g/mol. The summed E-state index contributed by atoms with van der Waals surface area (Å²) in [4.78, 5) is 0. The zero-order valence-electron chi connectivity index (χ0n) is 18.3. The Hall–Kier alpha value is -1.82. The van der Waals surface area contributed by atoms with Gasteiger partial charge in [0.2, 0.25) is 0 Å². The van der Waals surface area contributed by atoms with Crippen molar-refractivity contribution in [3.63, 3.8) is 0 Å². The van der Waals surface area contributed by atoms with Crippen molar-refractivity contribution in [3.05, 3.63) is 132 Å². The molecule has 0 nitrogen and oxygen atoms in total. The molecule has 0 heterocycles. The minimum Gasteiger partial charge on any atom is -0.199 e. The summed E-state index contributed by atoms with van der Waals surface area (Å²) in [6.45, 7) is 25.7. The standard InChI is InChI=1S/2C9H11.C9H10.2Mn/c3*1-7-4-8(2)6-9(3)5-7;;/h2*4-6H,1H2,2-3H3;4-6H,1-2H2,3H3;;/q2*-1;-2;2*+2. The van der Waals surface area contributed by atoms with Crippen LogP contribution >= 0.6 is 0 Å². The first-order valence-corrected chi connectivity index (χ1v) is 9.11. The molecule has 0 fully saturated rings. The summed E-state index contributed by atoms with van der Waals surface area (Å²) in [6.07, 6.45) is 0. The van der Waals surface area contributed by atoms with Crippen LogP contribution in [-0.4, -0.2) is 0 Å². The monoisotopic (exact) mass is 466 g/mol. The number of hydrogen-bond acceptors (Lipinski definition) is 0. The third kappa shape index (κ3) is 13.1. The van der Waals surface area contributed by atoms with Crippen molar-refractivity contribution in [2.45, 2.75) is 34.6 Å². The van der Waals surface area contributed by atoms with E-state index in [2.05, 4.69) is 91.8 Å². The minimum atomic E-state index is 0. The van der Waals surface area contributed by atoms with E-state index in [1.165, 1.54) is 27.8 Å². The van der Waals surface area contributed by atoms with Crippen LogP contribution in [-0.2, 0) is 34.1 Å². The van der Waals surface area contributed by atoms with Gasteiger partial charge < -0.3 is 0 Å². The van der Waals surface area contributed by atoms with Crippen molar-refractivity contribution >= 4 is 0 Å². The molecule has 3 rings (SSSR count). The summed E-state index contributed by atoms with van der Waals surface area (Å²) in [7, 11) is 0.